The van der Waals surface area contributed by atoms with Crippen molar-refractivity contribution in [3.8, 4) is 0 Å². The van der Waals surface area contributed by atoms with Gasteiger partial charge in [-0.05, 0) is 40.1 Å². The molecule has 124 valence electrons. The molecule has 1 atom stereocenters. The van der Waals surface area contributed by atoms with Crippen LogP contribution in [0.4, 0.5) is 0 Å². The van der Waals surface area contributed by atoms with Crippen LogP contribution in [0.15, 0.2) is 65.5 Å². The summed E-state index contributed by atoms with van der Waals surface area (Å²) in [7, 11) is 1.85. The van der Waals surface area contributed by atoms with Crippen LogP contribution in [0, 0.1) is 0 Å². The number of carbonyl (C=O) groups excluding carboxylic acids is 1. The molecule has 0 fully saturated rings. The molecular weight excluding hydrogens is 320 g/mol. The minimum atomic E-state index is -0.691. The average Bonchev–Trinajstić information content (AvgIpc) is 3.26. The summed E-state index contributed by atoms with van der Waals surface area (Å²) >= 11 is 1.54. The molecule has 4 nitrogen and oxygen atoms in total. The minimum absolute atomic E-state index is 0.0827. The van der Waals surface area contributed by atoms with Crippen molar-refractivity contribution in [3.63, 3.8) is 0 Å². The maximum absolute atomic E-state index is 12.9. The van der Waals surface area contributed by atoms with E-state index in [2.05, 4.69) is 0 Å². The molecule has 0 bridgehead atoms. The van der Waals surface area contributed by atoms with Crippen LogP contribution in [0.25, 0.3) is 0 Å². The fourth-order valence-electron chi connectivity index (χ4n) is 2.65. The molecule has 1 amide bonds. The van der Waals surface area contributed by atoms with Gasteiger partial charge in [0.15, 0.2) is 0 Å². The second kappa shape index (κ2) is 7.47. The zero-order valence-corrected chi connectivity index (χ0v) is 14.3. The Hall–Kier alpha value is -2.37. The molecule has 24 heavy (non-hydrogen) atoms. The number of amides is 1. The van der Waals surface area contributed by atoms with Gasteiger partial charge in [-0.15, -0.1) is 0 Å². The Labute approximate surface area is 145 Å². The molecule has 2 aromatic heterocycles. The monoisotopic (exact) mass is 340 g/mol. The van der Waals surface area contributed by atoms with Crippen LogP contribution in [0.5, 0.6) is 0 Å². The van der Waals surface area contributed by atoms with Crippen LogP contribution in [0.3, 0.4) is 0 Å². The van der Waals surface area contributed by atoms with Gasteiger partial charge in [-0.3, -0.25) is 4.79 Å². The van der Waals surface area contributed by atoms with Crippen molar-refractivity contribution in [3.05, 3.63) is 82.3 Å². The minimum Gasteiger partial charge on any atom is -0.387 e. The predicted octanol–water partition coefficient (Wildman–Crippen LogP) is 3.46. The van der Waals surface area contributed by atoms with Crippen molar-refractivity contribution in [2.24, 2.45) is 7.05 Å². The molecule has 3 rings (SSSR count). The fourth-order valence-corrected chi connectivity index (χ4v) is 3.35. The van der Waals surface area contributed by atoms with Crippen molar-refractivity contribution in [1.29, 1.82) is 0 Å². The fraction of sp³-hybridized carbons (Fsp3) is 0.211. The van der Waals surface area contributed by atoms with Gasteiger partial charge in [-0.1, -0.05) is 30.3 Å². The van der Waals surface area contributed by atoms with E-state index in [1.165, 1.54) is 0 Å². The second-order valence-electron chi connectivity index (χ2n) is 5.75. The van der Waals surface area contributed by atoms with Crippen LogP contribution >= 0.6 is 11.3 Å². The van der Waals surface area contributed by atoms with Crippen molar-refractivity contribution >= 4 is 17.2 Å². The van der Waals surface area contributed by atoms with E-state index in [1.807, 2.05) is 66.5 Å². The van der Waals surface area contributed by atoms with E-state index in [9.17, 15) is 9.90 Å². The lowest BCUT2D eigenvalue weighted by Crippen LogP contribution is -2.35. The lowest BCUT2D eigenvalue weighted by Gasteiger charge is -2.25. The molecule has 3 aromatic rings. The number of aromatic nitrogens is 1. The van der Waals surface area contributed by atoms with Gasteiger partial charge < -0.3 is 14.6 Å². The first-order chi connectivity index (χ1) is 11.6. The third kappa shape index (κ3) is 3.75. The Morgan fingerprint density at radius 3 is 2.62 bits per heavy atom. The zero-order chi connectivity index (χ0) is 16.9. The predicted molar refractivity (Wildman–Crippen MR) is 95.9 cm³/mol. The van der Waals surface area contributed by atoms with Gasteiger partial charge in [-0.2, -0.15) is 11.3 Å². The SMILES string of the molecule is Cn1cccc1C(=O)N(Cc1ccccc1)CC(O)c1ccsc1. The highest BCUT2D eigenvalue weighted by molar-refractivity contribution is 7.07. The van der Waals surface area contributed by atoms with E-state index in [0.717, 1.165) is 11.1 Å². The highest BCUT2D eigenvalue weighted by atomic mass is 32.1. The molecule has 2 heterocycles. The summed E-state index contributed by atoms with van der Waals surface area (Å²) in [6, 6.07) is 15.4. The standard InChI is InChI=1S/C19H20N2O2S/c1-20-10-5-8-17(20)19(23)21(12-15-6-3-2-4-7-15)13-18(22)16-9-11-24-14-16/h2-11,14,18,22H,12-13H2,1H3. The van der Waals surface area contributed by atoms with E-state index in [1.54, 1.807) is 26.9 Å². The number of thiophene rings is 1. The van der Waals surface area contributed by atoms with Gasteiger partial charge in [0, 0.05) is 19.8 Å². The van der Waals surface area contributed by atoms with Crippen molar-refractivity contribution in [1.82, 2.24) is 9.47 Å². The number of carbonyl (C=O) groups is 1. The van der Waals surface area contributed by atoms with Crippen molar-refractivity contribution in [2.75, 3.05) is 6.54 Å². The number of hydrogen-bond donors (Lipinski definition) is 1. The number of nitrogens with zero attached hydrogens (tertiary/aromatic N) is 2. The molecule has 5 heteroatoms. The Morgan fingerprint density at radius 1 is 1.21 bits per heavy atom. The smallest absolute Gasteiger partial charge is 0.270 e. The Bertz CT molecular complexity index is 781. The molecule has 0 radical (unpaired) electrons. The average molecular weight is 340 g/mol. The highest BCUT2D eigenvalue weighted by Crippen LogP contribution is 2.20. The molecule has 0 aliphatic rings. The molecule has 1 N–H and O–H groups in total. The van der Waals surface area contributed by atoms with Gasteiger partial charge in [0.2, 0.25) is 0 Å². The summed E-state index contributed by atoms with van der Waals surface area (Å²) in [5.74, 6) is -0.0827. The number of aryl methyl sites for hydroxylation is 1. The number of aliphatic hydroxyl groups is 1. The summed E-state index contributed by atoms with van der Waals surface area (Å²) in [6.07, 6.45) is 1.16. The molecule has 0 saturated carbocycles. The topological polar surface area (TPSA) is 45.5 Å². The lowest BCUT2D eigenvalue weighted by molar-refractivity contribution is 0.0595. The number of aliphatic hydroxyl groups excluding tert-OH is 1. The number of rotatable bonds is 6. The largest absolute Gasteiger partial charge is 0.387 e. The van der Waals surface area contributed by atoms with E-state index in [-0.39, 0.29) is 12.5 Å². The van der Waals surface area contributed by atoms with Gasteiger partial charge in [0.1, 0.15) is 5.69 Å². The first kappa shape index (κ1) is 16.5. The summed E-state index contributed by atoms with van der Waals surface area (Å²) in [5.41, 5.74) is 2.50. The van der Waals surface area contributed by atoms with Gasteiger partial charge in [0.05, 0.1) is 12.6 Å². The Balaban J connectivity index is 1.83. The molecule has 0 aliphatic heterocycles. The maximum atomic E-state index is 12.9. The van der Waals surface area contributed by atoms with Crippen molar-refractivity contribution in [2.45, 2.75) is 12.6 Å². The van der Waals surface area contributed by atoms with Crippen LogP contribution in [-0.2, 0) is 13.6 Å². The summed E-state index contributed by atoms with van der Waals surface area (Å²) in [5, 5.41) is 14.3. The van der Waals surface area contributed by atoms with Crippen LogP contribution in [0.2, 0.25) is 0 Å². The first-order valence-electron chi connectivity index (χ1n) is 7.80. The summed E-state index contributed by atoms with van der Waals surface area (Å²) in [4.78, 5) is 14.6. The van der Waals surface area contributed by atoms with E-state index in [0.29, 0.717) is 12.2 Å². The maximum Gasteiger partial charge on any atom is 0.270 e. The molecule has 0 saturated heterocycles. The lowest BCUT2D eigenvalue weighted by atomic mass is 10.1. The zero-order valence-electron chi connectivity index (χ0n) is 13.5. The van der Waals surface area contributed by atoms with E-state index in [4.69, 9.17) is 0 Å². The molecule has 0 aliphatic carbocycles. The Kier molecular flexibility index (Phi) is 5.13. The quantitative estimate of drug-likeness (QED) is 0.747. The third-order valence-corrected chi connectivity index (χ3v) is 4.69. The van der Waals surface area contributed by atoms with Crippen LogP contribution in [-0.4, -0.2) is 27.0 Å². The summed E-state index contributed by atoms with van der Waals surface area (Å²) < 4.78 is 1.80. The molecule has 1 aromatic carbocycles. The third-order valence-electron chi connectivity index (χ3n) is 3.99. The first-order valence-corrected chi connectivity index (χ1v) is 8.74. The van der Waals surface area contributed by atoms with Gasteiger partial charge >= 0.3 is 0 Å². The van der Waals surface area contributed by atoms with Crippen LogP contribution < -0.4 is 0 Å². The normalized spacial score (nSPS) is 12.1. The van der Waals surface area contributed by atoms with Crippen LogP contribution in [0.1, 0.15) is 27.7 Å². The van der Waals surface area contributed by atoms with E-state index < -0.39 is 6.10 Å². The molecule has 1 unspecified atom stereocenters. The molecule has 0 spiro atoms. The van der Waals surface area contributed by atoms with Gasteiger partial charge in [-0.25, -0.2) is 0 Å². The van der Waals surface area contributed by atoms with Crippen molar-refractivity contribution < 1.29 is 9.90 Å². The number of benzene rings is 1. The van der Waals surface area contributed by atoms with E-state index >= 15 is 0 Å². The Morgan fingerprint density at radius 2 is 2.00 bits per heavy atom. The summed E-state index contributed by atoms with van der Waals surface area (Å²) in [6.45, 7) is 0.724. The molecular formula is C19H20N2O2S. The second-order valence-corrected chi connectivity index (χ2v) is 6.53. The van der Waals surface area contributed by atoms with Gasteiger partial charge in [0.25, 0.3) is 5.91 Å². The highest BCUT2D eigenvalue weighted by Gasteiger charge is 2.22. The number of hydrogen-bond acceptors (Lipinski definition) is 3.